The third-order valence-electron chi connectivity index (χ3n) is 3.97. The van der Waals surface area contributed by atoms with Gasteiger partial charge < -0.3 is 9.90 Å². The molecule has 0 saturated carbocycles. The predicted octanol–water partition coefficient (Wildman–Crippen LogP) is 3.52. The van der Waals surface area contributed by atoms with Crippen LogP contribution in [0.15, 0.2) is 60.7 Å². The van der Waals surface area contributed by atoms with Crippen LogP contribution in [0, 0.1) is 5.41 Å². The Hall–Kier alpha value is -2.42. The third kappa shape index (κ3) is 4.04. The van der Waals surface area contributed by atoms with Gasteiger partial charge in [-0.2, -0.15) is 0 Å². The van der Waals surface area contributed by atoms with Crippen molar-refractivity contribution >= 4 is 12.3 Å². The summed E-state index contributed by atoms with van der Waals surface area (Å²) in [6.07, 6.45) is 2.24. The molecule has 0 aliphatic heterocycles. The normalized spacial score (nSPS) is 11.1. The van der Waals surface area contributed by atoms with Gasteiger partial charge in [-0.05, 0) is 30.4 Å². The minimum atomic E-state index is -0.955. The second-order valence-electron chi connectivity index (χ2n) is 5.62. The Morgan fingerprint density at radius 3 is 1.73 bits per heavy atom. The highest BCUT2D eigenvalue weighted by Gasteiger charge is 2.38. The number of carboxylic acids is 1. The molecule has 0 bridgehead atoms. The van der Waals surface area contributed by atoms with E-state index in [4.69, 9.17) is 0 Å². The third-order valence-corrected chi connectivity index (χ3v) is 3.97. The van der Waals surface area contributed by atoms with Gasteiger partial charge in [-0.3, -0.25) is 4.79 Å². The second-order valence-corrected chi connectivity index (χ2v) is 5.62. The molecule has 0 atom stereocenters. The van der Waals surface area contributed by atoms with E-state index in [9.17, 15) is 14.7 Å². The van der Waals surface area contributed by atoms with Crippen LogP contribution in [-0.4, -0.2) is 17.4 Å². The molecule has 0 unspecified atom stereocenters. The molecule has 0 radical (unpaired) electrons. The molecule has 114 valence electrons. The van der Waals surface area contributed by atoms with Gasteiger partial charge in [-0.15, -0.1) is 0 Å². The Labute approximate surface area is 130 Å². The smallest absolute Gasteiger partial charge is 0.310 e. The van der Waals surface area contributed by atoms with E-state index >= 15 is 0 Å². The van der Waals surface area contributed by atoms with Gasteiger partial charge in [-0.25, -0.2) is 0 Å². The summed E-state index contributed by atoms with van der Waals surface area (Å²) in [6, 6.07) is 19.2. The number of aliphatic carboxylic acids is 1. The molecule has 2 aromatic carbocycles. The van der Waals surface area contributed by atoms with Crippen molar-refractivity contribution in [3.8, 4) is 0 Å². The minimum Gasteiger partial charge on any atom is -0.481 e. The summed E-state index contributed by atoms with van der Waals surface area (Å²) in [5, 5.41) is 9.86. The van der Waals surface area contributed by atoms with Crippen LogP contribution in [0.1, 0.15) is 24.0 Å². The average molecular weight is 296 g/mol. The standard InChI is InChI=1S/C19H20O3/c20-13-7-12-19(18(21)22,14-16-8-3-1-4-9-16)15-17-10-5-2-6-11-17/h1-6,8-11,13H,7,12,14-15H2,(H,21,22). The van der Waals surface area contributed by atoms with Crippen LogP contribution in [0.2, 0.25) is 0 Å². The highest BCUT2D eigenvalue weighted by Crippen LogP contribution is 2.33. The lowest BCUT2D eigenvalue weighted by Gasteiger charge is -2.29. The lowest BCUT2D eigenvalue weighted by Crippen LogP contribution is -2.36. The summed E-state index contributed by atoms with van der Waals surface area (Å²) in [7, 11) is 0. The van der Waals surface area contributed by atoms with Crippen molar-refractivity contribution in [2.45, 2.75) is 25.7 Å². The molecule has 0 spiro atoms. The second kappa shape index (κ2) is 7.55. The fourth-order valence-corrected chi connectivity index (χ4v) is 2.81. The van der Waals surface area contributed by atoms with E-state index in [0.717, 1.165) is 17.4 Å². The zero-order valence-electron chi connectivity index (χ0n) is 12.4. The number of rotatable bonds is 8. The van der Waals surface area contributed by atoms with E-state index in [2.05, 4.69) is 0 Å². The minimum absolute atomic E-state index is 0.256. The van der Waals surface area contributed by atoms with Crippen molar-refractivity contribution < 1.29 is 14.7 Å². The molecule has 0 aromatic heterocycles. The lowest BCUT2D eigenvalue weighted by atomic mass is 9.73. The van der Waals surface area contributed by atoms with Gasteiger partial charge in [0.15, 0.2) is 0 Å². The lowest BCUT2D eigenvalue weighted by molar-refractivity contribution is -0.149. The summed E-state index contributed by atoms with van der Waals surface area (Å²) in [6.45, 7) is 0. The largest absolute Gasteiger partial charge is 0.481 e. The number of carbonyl (C=O) groups is 2. The number of benzene rings is 2. The van der Waals surface area contributed by atoms with Crippen LogP contribution in [0.5, 0.6) is 0 Å². The van der Waals surface area contributed by atoms with Crippen LogP contribution in [0.3, 0.4) is 0 Å². The van der Waals surface area contributed by atoms with Crippen LogP contribution in [0.25, 0.3) is 0 Å². The van der Waals surface area contributed by atoms with Gasteiger partial charge in [0.05, 0.1) is 5.41 Å². The van der Waals surface area contributed by atoms with Crippen LogP contribution < -0.4 is 0 Å². The highest BCUT2D eigenvalue weighted by molar-refractivity contribution is 5.76. The van der Waals surface area contributed by atoms with Crippen molar-refractivity contribution in [1.82, 2.24) is 0 Å². The van der Waals surface area contributed by atoms with Crippen molar-refractivity contribution in [3.63, 3.8) is 0 Å². The van der Waals surface area contributed by atoms with E-state index in [1.54, 1.807) is 0 Å². The topological polar surface area (TPSA) is 54.4 Å². The zero-order chi connectivity index (χ0) is 15.8. The van der Waals surface area contributed by atoms with Crippen molar-refractivity contribution in [3.05, 3.63) is 71.8 Å². The summed E-state index contributed by atoms with van der Waals surface area (Å²) < 4.78 is 0. The molecule has 0 fully saturated rings. The Bertz CT molecular complexity index is 564. The fraction of sp³-hybridized carbons (Fsp3) is 0.263. The summed E-state index contributed by atoms with van der Waals surface area (Å²) in [5.41, 5.74) is 1.00. The van der Waals surface area contributed by atoms with Crippen molar-refractivity contribution in [1.29, 1.82) is 0 Å². The maximum Gasteiger partial charge on any atom is 0.310 e. The molecule has 0 amide bonds. The van der Waals surface area contributed by atoms with E-state index in [1.807, 2.05) is 60.7 Å². The molecule has 2 aromatic rings. The maximum atomic E-state index is 12.0. The van der Waals surface area contributed by atoms with Gasteiger partial charge in [0.1, 0.15) is 6.29 Å². The molecular formula is C19H20O3. The van der Waals surface area contributed by atoms with Gasteiger partial charge in [0.25, 0.3) is 0 Å². The van der Waals surface area contributed by atoms with E-state index in [1.165, 1.54) is 0 Å². The van der Waals surface area contributed by atoms with Crippen LogP contribution >= 0.6 is 0 Å². The predicted molar refractivity (Wildman–Crippen MR) is 85.7 cm³/mol. The first-order valence-corrected chi connectivity index (χ1v) is 7.41. The first-order valence-electron chi connectivity index (χ1n) is 7.41. The van der Waals surface area contributed by atoms with Gasteiger partial charge in [0.2, 0.25) is 0 Å². The van der Waals surface area contributed by atoms with Gasteiger partial charge in [0, 0.05) is 6.42 Å². The molecule has 3 nitrogen and oxygen atoms in total. The molecular weight excluding hydrogens is 276 g/mol. The Kier molecular flexibility index (Phi) is 5.48. The van der Waals surface area contributed by atoms with E-state index < -0.39 is 11.4 Å². The Morgan fingerprint density at radius 2 is 1.36 bits per heavy atom. The maximum absolute atomic E-state index is 12.0. The van der Waals surface area contributed by atoms with E-state index in [-0.39, 0.29) is 6.42 Å². The molecule has 2 rings (SSSR count). The quantitative estimate of drug-likeness (QED) is 0.758. The fourth-order valence-electron chi connectivity index (χ4n) is 2.81. The Morgan fingerprint density at radius 1 is 0.909 bits per heavy atom. The molecule has 22 heavy (non-hydrogen) atoms. The number of carbonyl (C=O) groups excluding carboxylic acids is 1. The number of hydrogen-bond donors (Lipinski definition) is 1. The van der Waals surface area contributed by atoms with Crippen molar-refractivity contribution in [2.75, 3.05) is 0 Å². The van der Waals surface area contributed by atoms with Crippen LogP contribution in [-0.2, 0) is 22.4 Å². The van der Waals surface area contributed by atoms with E-state index in [0.29, 0.717) is 19.3 Å². The van der Waals surface area contributed by atoms with Crippen LogP contribution in [0.4, 0.5) is 0 Å². The number of aldehydes is 1. The molecule has 0 aliphatic carbocycles. The first-order chi connectivity index (χ1) is 10.7. The summed E-state index contributed by atoms with van der Waals surface area (Å²) in [4.78, 5) is 22.8. The summed E-state index contributed by atoms with van der Waals surface area (Å²) >= 11 is 0. The highest BCUT2D eigenvalue weighted by atomic mass is 16.4. The van der Waals surface area contributed by atoms with Crippen molar-refractivity contribution in [2.24, 2.45) is 5.41 Å². The number of hydrogen-bond acceptors (Lipinski definition) is 2. The SMILES string of the molecule is O=CCCC(Cc1ccccc1)(Cc1ccccc1)C(=O)O. The molecule has 0 saturated heterocycles. The molecule has 1 N–H and O–H groups in total. The molecule has 3 heteroatoms. The zero-order valence-corrected chi connectivity index (χ0v) is 12.4. The average Bonchev–Trinajstić information content (AvgIpc) is 2.54. The monoisotopic (exact) mass is 296 g/mol. The molecule has 0 heterocycles. The molecule has 0 aliphatic rings. The summed E-state index contributed by atoms with van der Waals surface area (Å²) in [5.74, 6) is -0.845. The number of carboxylic acid groups (broad SMARTS) is 1. The Balaban J connectivity index is 2.32. The van der Waals surface area contributed by atoms with Gasteiger partial charge >= 0.3 is 5.97 Å². The first kappa shape index (κ1) is 16.0. The van der Waals surface area contributed by atoms with Gasteiger partial charge in [-0.1, -0.05) is 60.7 Å².